The third kappa shape index (κ3) is 4.80. The fourth-order valence-electron chi connectivity index (χ4n) is 3.02. The Balaban J connectivity index is 2.14. The van der Waals surface area contributed by atoms with Gasteiger partial charge in [-0.15, -0.1) is 0 Å². The number of nitrogens with zero attached hydrogens (tertiary/aromatic N) is 1. The van der Waals surface area contributed by atoms with Gasteiger partial charge in [0.1, 0.15) is 0 Å². The third-order valence-electron chi connectivity index (χ3n) is 4.84. The lowest BCUT2D eigenvalue weighted by Crippen LogP contribution is -2.48. The van der Waals surface area contributed by atoms with E-state index in [1.807, 2.05) is 13.8 Å². The highest BCUT2D eigenvalue weighted by molar-refractivity contribution is 7.89. The fourth-order valence-corrected chi connectivity index (χ4v) is 4.43. The van der Waals surface area contributed by atoms with Crippen LogP contribution in [0.15, 0.2) is 29.2 Å². The molecule has 0 aromatic heterocycles. The lowest BCUT2D eigenvalue weighted by Gasteiger charge is -2.30. The molecule has 3 N–H and O–H groups in total. The van der Waals surface area contributed by atoms with E-state index in [9.17, 15) is 13.2 Å². The van der Waals surface area contributed by atoms with Gasteiger partial charge in [-0.3, -0.25) is 4.79 Å². The molecule has 1 aliphatic rings. The van der Waals surface area contributed by atoms with E-state index >= 15 is 0 Å². The first kappa shape index (κ1) is 19.9. The van der Waals surface area contributed by atoms with E-state index in [1.54, 1.807) is 19.2 Å². The molecule has 0 bridgehead atoms. The molecule has 6 nitrogen and oxygen atoms in total. The summed E-state index contributed by atoms with van der Waals surface area (Å²) in [5, 5.41) is 2.83. The number of sulfonamides is 1. The Hall–Kier alpha value is -1.44. The molecule has 0 heterocycles. The monoisotopic (exact) mass is 367 g/mol. The topological polar surface area (TPSA) is 92.5 Å². The summed E-state index contributed by atoms with van der Waals surface area (Å²) in [5.74, 6) is -0.264. The summed E-state index contributed by atoms with van der Waals surface area (Å²) >= 11 is 0. The number of rotatable bonds is 6. The normalized spacial score (nSPS) is 16.8. The van der Waals surface area contributed by atoms with Gasteiger partial charge in [0.15, 0.2) is 0 Å². The lowest BCUT2D eigenvalue weighted by molar-refractivity contribution is 0.0915. The number of benzene rings is 1. The molecule has 0 aliphatic heterocycles. The first-order valence-corrected chi connectivity index (χ1v) is 10.2. The highest BCUT2D eigenvalue weighted by Gasteiger charge is 2.29. The van der Waals surface area contributed by atoms with E-state index in [1.165, 1.54) is 22.9 Å². The van der Waals surface area contributed by atoms with Gasteiger partial charge < -0.3 is 11.1 Å². The molecule has 1 saturated carbocycles. The van der Waals surface area contributed by atoms with Gasteiger partial charge in [-0.05, 0) is 51.0 Å². The number of hydrogen-bond acceptors (Lipinski definition) is 4. The molecule has 25 heavy (non-hydrogen) atoms. The van der Waals surface area contributed by atoms with Crippen LogP contribution >= 0.6 is 0 Å². The molecular formula is C18H29N3O3S. The molecule has 1 amide bonds. The summed E-state index contributed by atoms with van der Waals surface area (Å²) in [6.07, 6.45) is 5.13. The van der Waals surface area contributed by atoms with Crippen LogP contribution in [0, 0.1) is 0 Å². The molecule has 0 unspecified atom stereocenters. The van der Waals surface area contributed by atoms with Crippen molar-refractivity contribution in [3.63, 3.8) is 0 Å². The molecule has 2 rings (SSSR count). The highest BCUT2D eigenvalue weighted by Crippen LogP contribution is 2.26. The third-order valence-corrected chi connectivity index (χ3v) is 6.77. The van der Waals surface area contributed by atoms with E-state index in [-0.39, 0.29) is 16.8 Å². The van der Waals surface area contributed by atoms with Gasteiger partial charge in [-0.1, -0.05) is 19.3 Å². The van der Waals surface area contributed by atoms with Crippen molar-refractivity contribution < 1.29 is 13.2 Å². The summed E-state index contributed by atoms with van der Waals surface area (Å²) in [6.45, 7) is 3.99. The van der Waals surface area contributed by atoms with Crippen molar-refractivity contribution in [3.05, 3.63) is 29.8 Å². The van der Waals surface area contributed by atoms with Crippen LogP contribution < -0.4 is 11.1 Å². The Morgan fingerprint density at radius 3 is 2.28 bits per heavy atom. The molecular weight excluding hydrogens is 338 g/mol. The van der Waals surface area contributed by atoms with Gasteiger partial charge >= 0.3 is 0 Å². The van der Waals surface area contributed by atoms with E-state index in [4.69, 9.17) is 5.73 Å². The predicted octanol–water partition coefficient (Wildman–Crippen LogP) is 2.11. The summed E-state index contributed by atoms with van der Waals surface area (Å²) in [6, 6.07) is 6.15. The first-order chi connectivity index (χ1) is 11.7. The summed E-state index contributed by atoms with van der Waals surface area (Å²) in [7, 11) is -1.89. The number of hydrogen-bond donors (Lipinski definition) is 2. The predicted molar refractivity (Wildman–Crippen MR) is 98.9 cm³/mol. The Bertz CT molecular complexity index is 693. The van der Waals surface area contributed by atoms with Crippen LogP contribution in [-0.2, 0) is 10.0 Å². The number of amides is 1. The Kier molecular flexibility index (Phi) is 6.24. The van der Waals surface area contributed by atoms with Crippen LogP contribution in [0.5, 0.6) is 0 Å². The quantitative estimate of drug-likeness (QED) is 0.805. The van der Waals surface area contributed by atoms with Crippen LogP contribution in [0.2, 0.25) is 0 Å². The molecule has 0 atom stereocenters. The number of nitrogens with one attached hydrogen (secondary N) is 1. The second-order valence-corrected chi connectivity index (χ2v) is 9.38. The van der Waals surface area contributed by atoms with Gasteiger partial charge in [-0.2, -0.15) is 4.31 Å². The largest absolute Gasteiger partial charge is 0.346 e. The molecule has 1 aromatic rings. The van der Waals surface area contributed by atoms with E-state index in [0.29, 0.717) is 12.1 Å². The minimum absolute atomic E-state index is 0.0621. The average molecular weight is 368 g/mol. The lowest BCUT2D eigenvalue weighted by atomic mass is 9.96. The minimum atomic E-state index is -3.54. The molecule has 0 radical (unpaired) electrons. The Morgan fingerprint density at radius 1 is 1.20 bits per heavy atom. The van der Waals surface area contributed by atoms with E-state index in [0.717, 1.165) is 25.7 Å². The van der Waals surface area contributed by atoms with Gasteiger partial charge in [0.05, 0.1) is 4.90 Å². The zero-order valence-electron chi connectivity index (χ0n) is 15.3. The molecule has 1 fully saturated rings. The van der Waals surface area contributed by atoms with E-state index in [2.05, 4.69) is 5.32 Å². The Labute approximate surface area is 150 Å². The molecule has 1 aromatic carbocycles. The van der Waals surface area contributed by atoms with Crippen molar-refractivity contribution in [2.24, 2.45) is 5.73 Å². The van der Waals surface area contributed by atoms with Gasteiger partial charge in [0.2, 0.25) is 10.0 Å². The number of carbonyl (C=O) groups is 1. The van der Waals surface area contributed by atoms with E-state index < -0.39 is 15.6 Å². The number of nitrogens with two attached hydrogens (primary N) is 1. The second kappa shape index (κ2) is 7.85. The average Bonchev–Trinajstić information content (AvgIpc) is 2.61. The smallest absolute Gasteiger partial charge is 0.251 e. The van der Waals surface area contributed by atoms with Crippen LogP contribution in [-0.4, -0.2) is 43.8 Å². The maximum atomic E-state index is 12.8. The van der Waals surface area contributed by atoms with Crippen LogP contribution in [0.4, 0.5) is 0 Å². The second-order valence-electron chi connectivity index (χ2n) is 7.38. The molecule has 0 spiro atoms. The zero-order valence-corrected chi connectivity index (χ0v) is 16.1. The summed E-state index contributed by atoms with van der Waals surface area (Å²) in [4.78, 5) is 12.5. The van der Waals surface area contributed by atoms with Crippen molar-refractivity contribution in [1.29, 1.82) is 0 Å². The highest BCUT2D eigenvalue weighted by atomic mass is 32.2. The summed E-state index contributed by atoms with van der Waals surface area (Å²) < 4.78 is 27.1. The molecule has 7 heteroatoms. The zero-order chi connectivity index (χ0) is 18.7. The minimum Gasteiger partial charge on any atom is -0.346 e. The van der Waals surface area contributed by atoms with Crippen LogP contribution in [0.3, 0.4) is 0 Å². The maximum absolute atomic E-state index is 12.8. The van der Waals surface area contributed by atoms with Crippen molar-refractivity contribution >= 4 is 15.9 Å². The van der Waals surface area contributed by atoms with Crippen molar-refractivity contribution in [2.45, 2.75) is 62.4 Å². The van der Waals surface area contributed by atoms with Crippen molar-refractivity contribution in [2.75, 3.05) is 13.6 Å². The molecule has 1 aliphatic carbocycles. The fraction of sp³-hybridized carbons (Fsp3) is 0.611. The number of carbonyl (C=O) groups excluding carboxylic acids is 1. The maximum Gasteiger partial charge on any atom is 0.251 e. The standard InChI is InChI=1S/C18H29N3O3S/c1-18(2,13-19)20-17(22)14-9-11-16(12-10-14)25(23,24)21(3)15-7-5-4-6-8-15/h9-12,15H,4-8,13,19H2,1-3H3,(H,20,22). The van der Waals surface area contributed by atoms with Gasteiger partial charge in [0, 0.05) is 30.7 Å². The summed E-state index contributed by atoms with van der Waals surface area (Å²) in [5.41, 5.74) is 5.52. The van der Waals surface area contributed by atoms with Gasteiger partial charge in [-0.25, -0.2) is 8.42 Å². The first-order valence-electron chi connectivity index (χ1n) is 8.78. The van der Waals surface area contributed by atoms with Crippen molar-refractivity contribution in [3.8, 4) is 0 Å². The SMILES string of the molecule is CN(C1CCCCC1)S(=O)(=O)c1ccc(C(=O)NC(C)(C)CN)cc1. The molecule has 0 saturated heterocycles. The molecule has 140 valence electrons. The van der Waals surface area contributed by atoms with Gasteiger partial charge in [0.25, 0.3) is 5.91 Å². The van der Waals surface area contributed by atoms with Crippen molar-refractivity contribution in [1.82, 2.24) is 9.62 Å². The Morgan fingerprint density at radius 2 is 1.76 bits per heavy atom. The van der Waals surface area contributed by atoms with Crippen LogP contribution in [0.25, 0.3) is 0 Å². The van der Waals surface area contributed by atoms with Crippen LogP contribution in [0.1, 0.15) is 56.3 Å².